The van der Waals surface area contributed by atoms with Crippen molar-refractivity contribution in [3.8, 4) is 0 Å². The van der Waals surface area contributed by atoms with Crippen molar-refractivity contribution >= 4 is 11.9 Å². The SMILES string of the molecule is Cc1cc(C(=O)N[C@H](Cc2ccccc2)C(=O)O)c(C)o1. The Morgan fingerprint density at radius 3 is 2.43 bits per heavy atom. The van der Waals surface area contributed by atoms with Crippen molar-refractivity contribution in [2.24, 2.45) is 0 Å². The van der Waals surface area contributed by atoms with Gasteiger partial charge in [0, 0.05) is 6.42 Å². The van der Waals surface area contributed by atoms with E-state index < -0.39 is 17.9 Å². The van der Waals surface area contributed by atoms with Crippen LogP contribution in [0.2, 0.25) is 0 Å². The summed E-state index contributed by atoms with van der Waals surface area (Å²) in [5, 5.41) is 11.8. The quantitative estimate of drug-likeness (QED) is 0.884. The van der Waals surface area contributed by atoms with Crippen LogP contribution in [0.3, 0.4) is 0 Å². The summed E-state index contributed by atoms with van der Waals surface area (Å²) in [5.74, 6) is -0.404. The Hall–Kier alpha value is -2.56. The van der Waals surface area contributed by atoms with Crippen molar-refractivity contribution in [1.29, 1.82) is 0 Å². The zero-order chi connectivity index (χ0) is 15.4. The highest BCUT2D eigenvalue weighted by Crippen LogP contribution is 2.14. The third-order valence-corrected chi connectivity index (χ3v) is 3.17. The van der Waals surface area contributed by atoms with Gasteiger partial charge in [-0.1, -0.05) is 30.3 Å². The molecule has 5 heteroatoms. The van der Waals surface area contributed by atoms with Crippen LogP contribution in [0, 0.1) is 13.8 Å². The van der Waals surface area contributed by atoms with E-state index in [0.29, 0.717) is 17.1 Å². The molecule has 1 atom stereocenters. The predicted molar refractivity (Wildman–Crippen MR) is 77.2 cm³/mol. The van der Waals surface area contributed by atoms with Gasteiger partial charge in [-0.2, -0.15) is 0 Å². The van der Waals surface area contributed by atoms with Crippen LogP contribution in [-0.4, -0.2) is 23.0 Å². The first kappa shape index (κ1) is 14.8. The van der Waals surface area contributed by atoms with Gasteiger partial charge in [0.25, 0.3) is 5.91 Å². The fourth-order valence-electron chi connectivity index (χ4n) is 2.14. The van der Waals surface area contributed by atoms with Crippen LogP contribution in [0.1, 0.15) is 27.4 Å². The number of hydrogen-bond acceptors (Lipinski definition) is 3. The largest absolute Gasteiger partial charge is 0.480 e. The minimum absolute atomic E-state index is 0.234. The van der Waals surface area contributed by atoms with E-state index in [1.807, 2.05) is 30.3 Å². The molecule has 1 aromatic carbocycles. The topological polar surface area (TPSA) is 79.5 Å². The smallest absolute Gasteiger partial charge is 0.326 e. The molecule has 1 heterocycles. The number of carbonyl (C=O) groups is 2. The standard InChI is InChI=1S/C16H17NO4/c1-10-8-13(11(2)21-10)15(18)17-14(16(19)20)9-12-6-4-3-5-7-12/h3-8,14H,9H2,1-2H3,(H,17,18)(H,19,20)/t14-/m1/s1. The fourth-order valence-corrected chi connectivity index (χ4v) is 2.14. The van der Waals surface area contributed by atoms with Gasteiger partial charge in [0.1, 0.15) is 17.6 Å². The van der Waals surface area contributed by atoms with E-state index in [1.54, 1.807) is 19.9 Å². The van der Waals surface area contributed by atoms with Crippen molar-refractivity contribution in [3.05, 3.63) is 59.0 Å². The van der Waals surface area contributed by atoms with Crippen LogP contribution >= 0.6 is 0 Å². The van der Waals surface area contributed by atoms with Crippen molar-refractivity contribution in [2.75, 3.05) is 0 Å². The molecular formula is C16H17NO4. The molecule has 2 aromatic rings. The Morgan fingerprint density at radius 2 is 1.90 bits per heavy atom. The van der Waals surface area contributed by atoms with E-state index in [0.717, 1.165) is 5.56 Å². The van der Waals surface area contributed by atoms with Crippen molar-refractivity contribution in [2.45, 2.75) is 26.3 Å². The number of furan rings is 1. The number of rotatable bonds is 5. The molecule has 0 fully saturated rings. The van der Waals surface area contributed by atoms with Crippen LogP contribution in [0.5, 0.6) is 0 Å². The first-order valence-electron chi connectivity index (χ1n) is 6.62. The molecule has 1 aromatic heterocycles. The van der Waals surface area contributed by atoms with Gasteiger partial charge in [0.05, 0.1) is 5.56 Å². The second kappa shape index (κ2) is 6.26. The van der Waals surface area contributed by atoms with Gasteiger partial charge in [0.2, 0.25) is 0 Å². The van der Waals surface area contributed by atoms with E-state index in [2.05, 4.69) is 5.32 Å². The van der Waals surface area contributed by atoms with Gasteiger partial charge in [0.15, 0.2) is 0 Å². The molecule has 0 aliphatic rings. The second-order valence-electron chi connectivity index (χ2n) is 4.88. The second-order valence-corrected chi connectivity index (χ2v) is 4.88. The molecule has 0 aliphatic carbocycles. The Morgan fingerprint density at radius 1 is 1.24 bits per heavy atom. The minimum Gasteiger partial charge on any atom is -0.480 e. The van der Waals surface area contributed by atoms with Crippen molar-refractivity contribution in [1.82, 2.24) is 5.32 Å². The first-order chi connectivity index (χ1) is 9.97. The summed E-state index contributed by atoms with van der Waals surface area (Å²) < 4.78 is 5.29. The van der Waals surface area contributed by atoms with Crippen LogP contribution in [0.4, 0.5) is 0 Å². The third kappa shape index (κ3) is 3.72. The number of aryl methyl sites for hydroxylation is 2. The molecule has 110 valence electrons. The van der Waals surface area contributed by atoms with E-state index in [4.69, 9.17) is 4.42 Å². The maximum Gasteiger partial charge on any atom is 0.326 e. The van der Waals surface area contributed by atoms with E-state index in [9.17, 15) is 14.7 Å². The monoisotopic (exact) mass is 287 g/mol. The lowest BCUT2D eigenvalue weighted by atomic mass is 10.1. The van der Waals surface area contributed by atoms with E-state index in [1.165, 1.54) is 0 Å². The Balaban J connectivity index is 2.11. The molecule has 0 unspecified atom stereocenters. The zero-order valence-corrected chi connectivity index (χ0v) is 11.9. The number of amides is 1. The Bertz CT molecular complexity index is 646. The summed E-state index contributed by atoms with van der Waals surface area (Å²) >= 11 is 0. The molecule has 2 rings (SSSR count). The van der Waals surface area contributed by atoms with Crippen molar-refractivity contribution < 1.29 is 19.1 Å². The maximum atomic E-state index is 12.1. The molecule has 0 saturated heterocycles. The van der Waals surface area contributed by atoms with E-state index >= 15 is 0 Å². The molecule has 0 radical (unpaired) electrons. The van der Waals surface area contributed by atoms with Gasteiger partial charge in [-0.05, 0) is 25.5 Å². The third-order valence-electron chi connectivity index (χ3n) is 3.17. The first-order valence-corrected chi connectivity index (χ1v) is 6.62. The number of carboxylic acid groups (broad SMARTS) is 1. The highest BCUT2D eigenvalue weighted by molar-refractivity contribution is 5.97. The summed E-state index contributed by atoms with van der Waals surface area (Å²) in [7, 11) is 0. The van der Waals surface area contributed by atoms with Crippen molar-refractivity contribution in [3.63, 3.8) is 0 Å². The van der Waals surface area contributed by atoms with Gasteiger partial charge >= 0.3 is 5.97 Å². The lowest BCUT2D eigenvalue weighted by Crippen LogP contribution is -2.42. The number of carbonyl (C=O) groups excluding carboxylic acids is 1. The molecule has 0 saturated carbocycles. The number of benzene rings is 1. The summed E-state index contributed by atoms with van der Waals surface area (Å²) in [5.41, 5.74) is 1.22. The fraction of sp³-hybridized carbons (Fsp3) is 0.250. The summed E-state index contributed by atoms with van der Waals surface area (Å²) in [6, 6.07) is 9.81. The molecule has 0 spiro atoms. The lowest BCUT2D eigenvalue weighted by Gasteiger charge is -2.14. The molecule has 0 aliphatic heterocycles. The molecule has 21 heavy (non-hydrogen) atoms. The Kier molecular flexibility index (Phi) is 4.42. The normalized spacial score (nSPS) is 11.9. The summed E-state index contributed by atoms with van der Waals surface area (Å²) in [6.45, 7) is 3.41. The van der Waals surface area contributed by atoms with Crippen LogP contribution in [0.25, 0.3) is 0 Å². The number of hydrogen-bond donors (Lipinski definition) is 2. The number of aliphatic carboxylic acids is 1. The molecule has 5 nitrogen and oxygen atoms in total. The van der Waals surface area contributed by atoms with Crippen LogP contribution in [-0.2, 0) is 11.2 Å². The van der Waals surface area contributed by atoms with Crippen LogP contribution < -0.4 is 5.32 Å². The number of nitrogens with one attached hydrogen (secondary N) is 1. The average molecular weight is 287 g/mol. The maximum absolute atomic E-state index is 12.1. The summed E-state index contributed by atoms with van der Waals surface area (Å²) in [6.07, 6.45) is 0.234. The van der Waals surface area contributed by atoms with Gasteiger partial charge in [-0.25, -0.2) is 4.79 Å². The van der Waals surface area contributed by atoms with E-state index in [-0.39, 0.29) is 6.42 Å². The highest BCUT2D eigenvalue weighted by atomic mass is 16.4. The zero-order valence-electron chi connectivity index (χ0n) is 11.9. The Labute approximate surface area is 122 Å². The lowest BCUT2D eigenvalue weighted by molar-refractivity contribution is -0.139. The minimum atomic E-state index is -1.06. The van der Waals surface area contributed by atoms with Crippen LogP contribution in [0.15, 0.2) is 40.8 Å². The predicted octanol–water partition coefficient (Wildman–Crippen LogP) is 2.32. The van der Waals surface area contributed by atoms with Gasteiger partial charge < -0.3 is 14.8 Å². The molecule has 1 amide bonds. The van der Waals surface area contributed by atoms with Gasteiger partial charge in [-0.3, -0.25) is 4.79 Å². The molecule has 2 N–H and O–H groups in total. The average Bonchev–Trinajstić information content (AvgIpc) is 2.78. The highest BCUT2D eigenvalue weighted by Gasteiger charge is 2.23. The molecular weight excluding hydrogens is 270 g/mol. The summed E-state index contributed by atoms with van der Waals surface area (Å²) in [4.78, 5) is 23.5. The van der Waals surface area contributed by atoms with Gasteiger partial charge in [-0.15, -0.1) is 0 Å². The number of carboxylic acids is 1. The molecule has 0 bridgehead atoms.